The summed E-state index contributed by atoms with van der Waals surface area (Å²) in [6.45, 7) is 4.52. The lowest BCUT2D eigenvalue weighted by molar-refractivity contribution is 0.676. The zero-order valence-electron chi connectivity index (χ0n) is 13.5. The molecule has 1 aromatic carbocycles. The normalized spacial score (nSPS) is 21.0. The largest absolute Gasteiger partial charge is 0.350 e. The Kier molecular flexibility index (Phi) is 3.45. The molecule has 4 nitrogen and oxygen atoms in total. The van der Waals surface area contributed by atoms with Crippen LogP contribution in [0, 0.1) is 0 Å². The zero-order chi connectivity index (χ0) is 15.8. The van der Waals surface area contributed by atoms with Crippen LogP contribution in [0.25, 0.3) is 22.0 Å². The molecule has 2 atom stereocenters. The Morgan fingerprint density at radius 2 is 1.70 bits per heavy atom. The molecule has 0 aliphatic carbocycles. The minimum absolute atomic E-state index is 0.532. The van der Waals surface area contributed by atoms with Crippen molar-refractivity contribution in [2.75, 3.05) is 4.90 Å². The number of anilines is 1. The Morgan fingerprint density at radius 1 is 0.913 bits per heavy atom. The van der Waals surface area contributed by atoms with Gasteiger partial charge in [-0.3, -0.25) is 4.98 Å². The smallest absolute Gasteiger partial charge is 0.151 e. The van der Waals surface area contributed by atoms with Crippen molar-refractivity contribution in [1.82, 2.24) is 15.2 Å². The molecule has 1 saturated heterocycles. The monoisotopic (exact) mass is 304 g/mol. The molecule has 0 spiro atoms. The summed E-state index contributed by atoms with van der Waals surface area (Å²) in [5.41, 5.74) is 1.90. The molecule has 4 heteroatoms. The van der Waals surface area contributed by atoms with Crippen molar-refractivity contribution in [1.29, 1.82) is 0 Å². The van der Waals surface area contributed by atoms with Crippen LogP contribution in [0.2, 0.25) is 0 Å². The first-order chi connectivity index (χ1) is 11.2. The Balaban J connectivity index is 1.73. The average molecular weight is 304 g/mol. The number of hydrogen-bond donors (Lipinski definition) is 0. The van der Waals surface area contributed by atoms with E-state index in [-0.39, 0.29) is 0 Å². The minimum Gasteiger partial charge on any atom is -0.350 e. The summed E-state index contributed by atoms with van der Waals surface area (Å²) in [5.74, 6) is 0.972. The molecule has 0 amide bonds. The standard InChI is InChI=1S/C19H20N4/c1-13-7-8-14(2)23(13)19-10-9-18(21-22-19)17-12-20-11-15-5-3-4-6-16(15)17/h3-6,9-14H,7-8H2,1-2H3/t13-,14+. The molecular formula is C19H20N4. The number of hydrogen-bond acceptors (Lipinski definition) is 4. The fourth-order valence-corrected chi connectivity index (χ4v) is 3.57. The van der Waals surface area contributed by atoms with Gasteiger partial charge in [-0.1, -0.05) is 24.3 Å². The molecule has 1 aliphatic heterocycles. The van der Waals surface area contributed by atoms with Gasteiger partial charge in [-0.05, 0) is 44.2 Å². The van der Waals surface area contributed by atoms with E-state index in [4.69, 9.17) is 0 Å². The molecule has 116 valence electrons. The van der Waals surface area contributed by atoms with Gasteiger partial charge < -0.3 is 4.90 Å². The number of pyridine rings is 1. The van der Waals surface area contributed by atoms with E-state index in [0.717, 1.165) is 27.8 Å². The lowest BCUT2D eigenvalue weighted by atomic mass is 10.1. The number of fused-ring (bicyclic) bond motifs is 1. The summed E-state index contributed by atoms with van der Waals surface area (Å²) in [6, 6.07) is 13.5. The molecule has 2 aromatic heterocycles. The summed E-state index contributed by atoms with van der Waals surface area (Å²) < 4.78 is 0. The van der Waals surface area contributed by atoms with E-state index < -0.39 is 0 Å². The van der Waals surface area contributed by atoms with Crippen LogP contribution < -0.4 is 4.90 Å². The maximum Gasteiger partial charge on any atom is 0.151 e. The van der Waals surface area contributed by atoms with Crippen LogP contribution >= 0.6 is 0 Å². The third-order valence-electron chi connectivity index (χ3n) is 4.81. The molecule has 0 saturated carbocycles. The van der Waals surface area contributed by atoms with Gasteiger partial charge in [-0.2, -0.15) is 0 Å². The van der Waals surface area contributed by atoms with Crippen molar-refractivity contribution < 1.29 is 0 Å². The minimum atomic E-state index is 0.532. The Bertz CT molecular complexity index is 813. The van der Waals surface area contributed by atoms with Crippen LogP contribution in [0.15, 0.2) is 48.8 Å². The van der Waals surface area contributed by atoms with Crippen LogP contribution in [-0.2, 0) is 0 Å². The summed E-state index contributed by atoms with van der Waals surface area (Å²) in [7, 11) is 0. The molecule has 0 radical (unpaired) electrons. The molecule has 3 aromatic rings. The maximum absolute atomic E-state index is 4.49. The predicted molar refractivity (Wildman–Crippen MR) is 93.4 cm³/mol. The lowest BCUT2D eigenvalue weighted by Gasteiger charge is -2.26. The van der Waals surface area contributed by atoms with Crippen molar-refractivity contribution in [3.05, 3.63) is 48.8 Å². The Hall–Kier alpha value is -2.49. The topological polar surface area (TPSA) is 41.9 Å². The molecule has 0 bridgehead atoms. The number of aromatic nitrogens is 3. The summed E-state index contributed by atoms with van der Waals surface area (Å²) in [5, 5.41) is 11.3. The van der Waals surface area contributed by atoms with Crippen molar-refractivity contribution in [2.45, 2.75) is 38.8 Å². The summed E-state index contributed by atoms with van der Waals surface area (Å²) in [4.78, 5) is 6.71. The van der Waals surface area contributed by atoms with Crippen LogP contribution in [0.3, 0.4) is 0 Å². The fourth-order valence-electron chi connectivity index (χ4n) is 3.57. The first-order valence-corrected chi connectivity index (χ1v) is 8.19. The van der Waals surface area contributed by atoms with Gasteiger partial charge in [0.05, 0.1) is 5.69 Å². The number of rotatable bonds is 2. The van der Waals surface area contributed by atoms with E-state index in [1.807, 2.05) is 24.5 Å². The molecule has 1 aliphatic rings. The third-order valence-corrected chi connectivity index (χ3v) is 4.81. The number of benzene rings is 1. The fraction of sp³-hybridized carbons (Fsp3) is 0.316. The molecule has 0 N–H and O–H groups in total. The van der Waals surface area contributed by atoms with E-state index >= 15 is 0 Å². The molecule has 4 rings (SSSR count). The molecular weight excluding hydrogens is 284 g/mol. The molecule has 1 fully saturated rings. The second-order valence-corrected chi connectivity index (χ2v) is 6.37. The summed E-state index contributed by atoms with van der Waals surface area (Å²) in [6.07, 6.45) is 6.19. The first kappa shape index (κ1) is 14.1. The SMILES string of the molecule is C[C@@H]1CC[C@H](C)N1c1ccc(-c2cncc3ccccc23)nn1. The predicted octanol–water partition coefficient (Wildman–Crippen LogP) is 4.07. The van der Waals surface area contributed by atoms with Crippen molar-refractivity contribution >= 4 is 16.6 Å². The second kappa shape index (κ2) is 5.61. The van der Waals surface area contributed by atoms with E-state index in [0.29, 0.717) is 12.1 Å². The van der Waals surface area contributed by atoms with Gasteiger partial charge in [0, 0.05) is 35.4 Å². The van der Waals surface area contributed by atoms with Gasteiger partial charge in [0.15, 0.2) is 5.82 Å². The van der Waals surface area contributed by atoms with Gasteiger partial charge in [-0.25, -0.2) is 0 Å². The molecule has 23 heavy (non-hydrogen) atoms. The van der Waals surface area contributed by atoms with Crippen LogP contribution in [0.4, 0.5) is 5.82 Å². The Labute approximate surface area is 136 Å². The van der Waals surface area contributed by atoms with Gasteiger partial charge in [0.25, 0.3) is 0 Å². The Morgan fingerprint density at radius 3 is 2.43 bits per heavy atom. The zero-order valence-corrected chi connectivity index (χ0v) is 13.5. The van der Waals surface area contributed by atoms with Crippen LogP contribution in [0.1, 0.15) is 26.7 Å². The van der Waals surface area contributed by atoms with E-state index in [1.165, 1.54) is 12.8 Å². The van der Waals surface area contributed by atoms with E-state index in [1.54, 1.807) is 0 Å². The van der Waals surface area contributed by atoms with Crippen molar-refractivity contribution in [3.63, 3.8) is 0 Å². The maximum atomic E-state index is 4.49. The molecule has 3 heterocycles. The van der Waals surface area contributed by atoms with Gasteiger partial charge in [-0.15, -0.1) is 10.2 Å². The highest BCUT2D eigenvalue weighted by Gasteiger charge is 2.28. The summed E-state index contributed by atoms with van der Waals surface area (Å²) >= 11 is 0. The number of nitrogens with zero attached hydrogens (tertiary/aromatic N) is 4. The van der Waals surface area contributed by atoms with Crippen LogP contribution in [0.5, 0.6) is 0 Å². The average Bonchev–Trinajstić information content (AvgIpc) is 2.93. The van der Waals surface area contributed by atoms with Crippen LogP contribution in [-0.4, -0.2) is 27.3 Å². The highest BCUT2D eigenvalue weighted by Crippen LogP contribution is 2.30. The van der Waals surface area contributed by atoms with Gasteiger partial charge >= 0.3 is 0 Å². The first-order valence-electron chi connectivity index (χ1n) is 8.19. The van der Waals surface area contributed by atoms with Crippen molar-refractivity contribution in [3.8, 4) is 11.3 Å². The van der Waals surface area contributed by atoms with Gasteiger partial charge in [0.1, 0.15) is 0 Å². The quantitative estimate of drug-likeness (QED) is 0.715. The highest BCUT2D eigenvalue weighted by molar-refractivity contribution is 5.94. The van der Waals surface area contributed by atoms with Crippen molar-refractivity contribution in [2.24, 2.45) is 0 Å². The van der Waals surface area contributed by atoms with E-state index in [9.17, 15) is 0 Å². The molecule has 0 unspecified atom stereocenters. The second-order valence-electron chi connectivity index (χ2n) is 6.37. The lowest BCUT2D eigenvalue weighted by Crippen LogP contribution is -2.33. The van der Waals surface area contributed by atoms with E-state index in [2.05, 4.69) is 58.2 Å². The van der Waals surface area contributed by atoms with Gasteiger partial charge in [0.2, 0.25) is 0 Å². The third kappa shape index (κ3) is 2.44. The highest BCUT2D eigenvalue weighted by atomic mass is 15.3.